The molecule has 0 atom stereocenters. The topological polar surface area (TPSA) is 196 Å². The molecule has 1 aliphatic carbocycles. The van der Waals surface area contributed by atoms with E-state index in [9.17, 15) is 24.0 Å². The van der Waals surface area contributed by atoms with Gasteiger partial charge in [-0.3, -0.25) is 38.8 Å². The van der Waals surface area contributed by atoms with E-state index in [1.165, 1.54) is 18.3 Å². The fourth-order valence-electron chi connectivity index (χ4n) is 7.50. The molecule has 5 heterocycles. The summed E-state index contributed by atoms with van der Waals surface area (Å²) in [6, 6.07) is 10.6. The van der Waals surface area contributed by atoms with Gasteiger partial charge < -0.3 is 20.9 Å². The number of hydrogen-bond acceptors (Lipinski definition) is 13. The maximum Gasteiger partial charge on any atom is 0.263 e. The van der Waals surface area contributed by atoms with Crippen LogP contribution in [-0.4, -0.2) is 92.2 Å². The van der Waals surface area contributed by atoms with Crippen LogP contribution in [0.2, 0.25) is 0 Å². The summed E-state index contributed by atoms with van der Waals surface area (Å²) in [6.45, 7) is 10.1. The van der Waals surface area contributed by atoms with E-state index in [-0.39, 0.29) is 60.2 Å². The van der Waals surface area contributed by atoms with Crippen molar-refractivity contribution in [2.24, 2.45) is 0 Å². The number of thiazole rings is 1. The Bertz CT molecular complexity index is 2400. The average molecular weight is 806 g/mol. The van der Waals surface area contributed by atoms with Gasteiger partial charge in [0.15, 0.2) is 10.9 Å². The molecule has 7 rings (SSSR count). The second kappa shape index (κ2) is 17.6. The summed E-state index contributed by atoms with van der Waals surface area (Å²) in [5.41, 5.74) is 3.51. The van der Waals surface area contributed by atoms with Gasteiger partial charge in [-0.1, -0.05) is 25.0 Å². The van der Waals surface area contributed by atoms with Gasteiger partial charge in [-0.05, 0) is 70.4 Å². The number of anilines is 5. The first-order valence-corrected chi connectivity index (χ1v) is 20.3. The molecule has 5 aromatic rings. The number of nitrogens with zero attached hydrogens (tertiary/aromatic N) is 7. The molecule has 0 spiro atoms. The molecule has 302 valence electrons. The third-order valence-corrected chi connectivity index (χ3v) is 11.7. The van der Waals surface area contributed by atoms with Gasteiger partial charge in [-0.2, -0.15) is 4.98 Å². The molecule has 2 fully saturated rings. The van der Waals surface area contributed by atoms with Crippen LogP contribution >= 0.6 is 11.3 Å². The number of Topliss-reactive ketones (excluding diaryl/α,β-unsaturated/α-hetero) is 1. The first-order chi connectivity index (χ1) is 27.9. The third kappa shape index (κ3) is 9.05. The SMILES string of the molecule is CC(=O)c1c(C)c2cnc(Nc3ccc(N4CCN(CC(=O)NCCC(=O)Nc5ccccc5C(=O)Nc5nc(C)c(C)s5)CC4)cn3)nc2n(C2CCCC2)c1=O. The number of rotatable bonds is 13. The van der Waals surface area contributed by atoms with Crippen molar-refractivity contribution in [1.29, 1.82) is 0 Å². The molecule has 4 aromatic heterocycles. The van der Waals surface area contributed by atoms with Crippen molar-refractivity contribution in [3.63, 3.8) is 0 Å². The van der Waals surface area contributed by atoms with Gasteiger partial charge in [0.1, 0.15) is 11.5 Å². The van der Waals surface area contributed by atoms with Crippen LogP contribution in [0.1, 0.15) is 81.9 Å². The van der Waals surface area contributed by atoms with Crippen LogP contribution in [0.4, 0.5) is 28.3 Å². The van der Waals surface area contributed by atoms with Crippen LogP contribution < -0.4 is 31.7 Å². The van der Waals surface area contributed by atoms with Crippen molar-refractivity contribution in [1.82, 2.24) is 34.7 Å². The minimum atomic E-state index is -0.370. The minimum absolute atomic E-state index is 0.0102. The quantitative estimate of drug-likeness (QED) is 0.115. The van der Waals surface area contributed by atoms with Crippen molar-refractivity contribution in [2.75, 3.05) is 60.1 Å². The number of para-hydroxylation sites is 1. The number of benzene rings is 1. The summed E-state index contributed by atoms with van der Waals surface area (Å²) in [4.78, 5) is 87.9. The molecule has 58 heavy (non-hydrogen) atoms. The van der Waals surface area contributed by atoms with Crippen molar-refractivity contribution in [2.45, 2.75) is 65.8 Å². The molecule has 17 heteroatoms. The van der Waals surface area contributed by atoms with Crippen LogP contribution in [-0.2, 0) is 9.59 Å². The highest BCUT2D eigenvalue weighted by Crippen LogP contribution is 2.32. The highest BCUT2D eigenvalue weighted by molar-refractivity contribution is 7.15. The van der Waals surface area contributed by atoms with E-state index >= 15 is 0 Å². The number of fused-ring (bicyclic) bond motifs is 1. The molecule has 1 saturated carbocycles. The van der Waals surface area contributed by atoms with Gasteiger partial charge in [0, 0.05) is 61.6 Å². The summed E-state index contributed by atoms with van der Waals surface area (Å²) in [7, 11) is 0. The molecule has 3 amide bonds. The van der Waals surface area contributed by atoms with Crippen LogP contribution in [0.3, 0.4) is 0 Å². The molecule has 1 saturated heterocycles. The molecule has 2 aliphatic rings. The third-order valence-electron chi connectivity index (χ3n) is 10.7. The Labute approximate surface area is 339 Å². The molecule has 0 radical (unpaired) electrons. The lowest BCUT2D eigenvalue weighted by Crippen LogP contribution is -2.49. The van der Waals surface area contributed by atoms with Crippen LogP contribution in [0.15, 0.2) is 53.6 Å². The van der Waals surface area contributed by atoms with Gasteiger partial charge in [0.05, 0.1) is 40.9 Å². The Morgan fingerprint density at radius 1 is 0.879 bits per heavy atom. The minimum Gasteiger partial charge on any atom is -0.368 e. The van der Waals surface area contributed by atoms with E-state index in [4.69, 9.17) is 4.98 Å². The first kappa shape index (κ1) is 40.1. The van der Waals surface area contributed by atoms with E-state index in [1.807, 2.05) is 26.0 Å². The molecular weight excluding hydrogens is 759 g/mol. The zero-order valence-electron chi connectivity index (χ0n) is 33.1. The largest absolute Gasteiger partial charge is 0.368 e. The zero-order valence-corrected chi connectivity index (χ0v) is 33.9. The molecule has 1 aliphatic heterocycles. The van der Waals surface area contributed by atoms with Gasteiger partial charge in [-0.15, -0.1) is 11.3 Å². The number of aryl methyl sites for hydroxylation is 3. The van der Waals surface area contributed by atoms with Crippen molar-refractivity contribution >= 4 is 74.1 Å². The van der Waals surface area contributed by atoms with E-state index in [0.717, 1.165) is 41.9 Å². The van der Waals surface area contributed by atoms with Crippen molar-refractivity contribution in [3.8, 4) is 0 Å². The van der Waals surface area contributed by atoms with Crippen LogP contribution in [0.25, 0.3) is 11.0 Å². The number of carbonyl (C=O) groups is 4. The second-order valence-electron chi connectivity index (χ2n) is 14.7. The molecule has 0 bridgehead atoms. The standard InChI is InChI=1S/C41H47N11O5S/c1-24-31-22-44-40(48-37(31)52(28-9-5-6-10-28)39(57)36(24)26(3)53)47-33-14-13-29(21-43-33)51-19-17-50(18-20-51)23-35(55)42-16-15-34(54)46-32-12-8-7-11-30(32)38(56)49-41-45-25(2)27(4)58-41/h7-8,11-14,21-22,28H,5-6,9-10,15-20,23H2,1-4H3,(H,42,55)(H,46,54)(H,45,49,56)(H,43,44,47,48). The van der Waals surface area contributed by atoms with Crippen molar-refractivity contribution in [3.05, 3.63) is 86.4 Å². The van der Waals surface area contributed by atoms with Gasteiger partial charge >= 0.3 is 0 Å². The maximum atomic E-state index is 13.5. The normalized spacial score (nSPS) is 14.7. The summed E-state index contributed by atoms with van der Waals surface area (Å²) in [5, 5.41) is 12.8. The predicted octanol–water partition coefficient (Wildman–Crippen LogP) is 5.15. The maximum absolute atomic E-state index is 13.5. The molecule has 0 unspecified atom stereocenters. The van der Waals surface area contributed by atoms with Crippen molar-refractivity contribution < 1.29 is 19.2 Å². The predicted molar refractivity (Wildman–Crippen MR) is 224 cm³/mol. The monoisotopic (exact) mass is 805 g/mol. The van der Waals surface area contributed by atoms with Crippen LogP contribution in [0.5, 0.6) is 0 Å². The summed E-state index contributed by atoms with van der Waals surface area (Å²) >= 11 is 1.39. The highest BCUT2D eigenvalue weighted by Gasteiger charge is 2.26. The first-order valence-electron chi connectivity index (χ1n) is 19.5. The van der Waals surface area contributed by atoms with Crippen LogP contribution in [0, 0.1) is 20.8 Å². The Hall–Kier alpha value is -6.07. The summed E-state index contributed by atoms with van der Waals surface area (Å²) < 4.78 is 1.69. The number of ketones is 1. The number of aromatic nitrogens is 5. The summed E-state index contributed by atoms with van der Waals surface area (Å²) in [5.74, 6) is -0.261. The number of nitrogens with one attached hydrogen (secondary N) is 4. The highest BCUT2D eigenvalue weighted by atomic mass is 32.1. The van der Waals surface area contributed by atoms with E-state index in [2.05, 4.69) is 46.0 Å². The van der Waals surface area contributed by atoms with Gasteiger partial charge in [0.2, 0.25) is 17.8 Å². The number of pyridine rings is 2. The average Bonchev–Trinajstić information content (AvgIpc) is 3.84. The Morgan fingerprint density at radius 3 is 2.33 bits per heavy atom. The fourth-order valence-corrected chi connectivity index (χ4v) is 8.31. The van der Waals surface area contributed by atoms with E-state index < -0.39 is 0 Å². The molecule has 4 N–H and O–H groups in total. The lowest BCUT2D eigenvalue weighted by molar-refractivity contribution is -0.122. The molecular formula is C41H47N11O5S. The Balaban J connectivity index is 0.871. The lowest BCUT2D eigenvalue weighted by Gasteiger charge is -2.35. The number of carbonyl (C=O) groups excluding carboxylic acids is 4. The van der Waals surface area contributed by atoms with E-state index in [1.54, 1.807) is 48.1 Å². The smallest absolute Gasteiger partial charge is 0.263 e. The second-order valence-corrected chi connectivity index (χ2v) is 15.9. The van der Waals surface area contributed by atoms with Gasteiger partial charge in [0.25, 0.3) is 11.5 Å². The molecule has 1 aromatic carbocycles. The molecule has 16 nitrogen and oxygen atoms in total. The summed E-state index contributed by atoms with van der Waals surface area (Å²) in [6.07, 6.45) is 7.27. The lowest BCUT2D eigenvalue weighted by atomic mass is 10.0. The Kier molecular flexibility index (Phi) is 12.2. The number of piperazine rings is 1. The van der Waals surface area contributed by atoms with Gasteiger partial charge in [-0.25, -0.2) is 15.0 Å². The van der Waals surface area contributed by atoms with E-state index in [0.29, 0.717) is 70.9 Å². The number of hydrogen-bond donors (Lipinski definition) is 4. The number of amides is 3. The zero-order chi connectivity index (χ0) is 40.9. The Morgan fingerprint density at radius 2 is 1.64 bits per heavy atom. The fraction of sp³-hybridized carbons (Fsp3) is 0.390.